The minimum absolute atomic E-state index is 0. The number of ether oxygens (including phenoxy) is 2. The van der Waals surface area contributed by atoms with E-state index in [1.165, 1.54) is 41.6 Å². The molecule has 7 atom stereocenters. The zero-order valence-electron chi connectivity index (χ0n) is 30.3. The monoisotopic (exact) mass is 1300 g/mol. The molecule has 1 fully saturated rings. The van der Waals surface area contributed by atoms with Crippen molar-refractivity contribution in [2.45, 2.75) is 95.0 Å². The largest absolute Gasteiger partial charge is 0.502 e. The van der Waals surface area contributed by atoms with Gasteiger partial charge in [-0.3, -0.25) is 14.6 Å². The molecule has 8 aliphatic rings. The molecule has 0 bridgehead atoms. The maximum atomic E-state index is 11.2. The molecular formula is C37H52Br3I3N5O4V-. The van der Waals surface area contributed by atoms with Gasteiger partial charge in [0.25, 0.3) is 0 Å². The van der Waals surface area contributed by atoms with Crippen molar-refractivity contribution in [3.63, 3.8) is 0 Å². The molecule has 0 saturated carbocycles. The number of aldehydes is 2. The second-order valence-corrected chi connectivity index (χ2v) is 20.1. The van der Waals surface area contributed by atoms with Gasteiger partial charge >= 0.3 is 0 Å². The van der Waals surface area contributed by atoms with E-state index in [1.807, 2.05) is 16.0 Å². The topological polar surface area (TPSA) is 105 Å². The molecule has 2 N–H and O–H groups in total. The van der Waals surface area contributed by atoms with E-state index in [9.17, 15) is 9.59 Å². The molecule has 3 aliphatic carbocycles. The summed E-state index contributed by atoms with van der Waals surface area (Å²) >= 11 is 17.2. The molecule has 297 valence electrons. The Morgan fingerprint density at radius 3 is 2.09 bits per heavy atom. The molecule has 0 aromatic rings. The molecule has 9 nitrogen and oxygen atoms in total. The molecule has 1 radical (unpaired) electrons. The molecule has 53 heavy (non-hydrogen) atoms. The van der Waals surface area contributed by atoms with E-state index in [2.05, 4.69) is 167 Å². The van der Waals surface area contributed by atoms with Crippen molar-refractivity contribution in [1.82, 2.24) is 15.8 Å². The Morgan fingerprint density at radius 1 is 0.887 bits per heavy atom. The van der Waals surface area contributed by atoms with Gasteiger partial charge in [-0.15, -0.1) is 0 Å². The summed E-state index contributed by atoms with van der Waals surface area (Å²) in [4.78, 5) is 23.7. The van der Waals surface area contributed by atoms with Gasteiger partial charge in [0.1, 0.15) is 17.7 Å². The molecule has 0 aromatic carbocycles. The third-order valence-electron chi connectivity index (χ3n) is 9.36. The Bertz CT molecular complexity index is 1320. The van der Waals surface area contributed by atoms with E-state index in [4.69, 9.17) is 9.47 Å². The maximum absolute atomic E-state index is 11.2. The van der Waals surface area contributed by atoms with Crippen LogP contribution in [0.4, 0.5) is 0 Å². The van der Waals surface area contributed by atoms with Crippen LogP contribution in [0.15, 0.2) is 66.5 Å². The molecule has 0 spiro atoms. The second-order valence-electron chi connectivity index (χ2n) is 12.6. The van der Waals surface area contributed by atoms with Gasteiger partial charge in [-0.05, 0) is 101 Å². The van der Waals surface area contributed by atoms with Gasteiger partial charge in [0.15, 0.2) is 12.6 Å². The first kappa shape index (κ1) is 51.8. The first-order valence-corrected chi connectivity index (χ1v) is 24.9. The Hall–Kier alpha value is 0.754. The van der Waals surface area contributed by atoms with Crippen LogP contribution in [-0.2, 0) is 37.6 Å². The van der Waals surface area contributed by atoms with Crippen LogP contribution in [0.2, 0.25) is 0 Å². The van der Waals surface area contributed by atoms with Crippen molar-refractivity contribution >= 4 is 140 Å². The first-order valence-electron chi connectivity index (χ1n) is 17.3. The molecule has 0 amide bonds. The number of halogens is 6. The number of allylic oxidation sites excluding steroid dienone is 4. The van der Waals surface area contributed by atoms with E-state index in [-0.39, 0.29) is 44.0 Å². The molecule has 0 aromatic heterocycles. The smallest absolute Gasteiger partial charge is 0.166 e. The van der Waals surface area contributed by atoms with E-state index in [0.29, 0.717) is 29.5 Å². The number of carbonyl (C=O) groups excluding carboxylic acids is 2. The third kappa shape index (κ3) is 17.3. The fourth-order valence-electron chi connectivity index (χ4n) is 6.77. The molecule has 7 unspecified atom stereocenters. The van der Waals surface area contributed by atoms with E-state index < -0.39 is 0 Å². The van der Waals surface area contributed by atoms with Crippen molar-refractivity contribution in [2.75, 3.05) is 20.6 Å². The van der Waals surface area contributed by atoms with Gasteiger partial charge in [-0.25, -0.2) is 0 Å². The van der Waals surface area contributed by atoms with E-state index in [1.54, 1.807) is 6.26 Å². The van der Waals surface area contributed by atoms with Gasteiger partial charge < -0.3 is 27.6 Å². The van der Waals surface area contributed by atoms with Crippen LogP contribution in [0.1, 0.15) is 70.6 Å². The number of hydrogen-bond acceptors (Lipinski definition) is 9. The van der Waals surface area contributed by atoms with Crippen molar-refractivity contribution in [1.29, 1.82) is 0 Å². The normalized spacial score (nSPS) is 29.3. The van der Waals surface area contributed by atoms with Crippen molar-refractivity contribution in [3.8, 4) is 0 Å². The Balaban J connectivity index is 0.000000353. The summed E-state index contributed by atoms with van der Waals surface area (Å²) in [5.74, 6) is 1.24. The molecule has 8 rings (SSSR count). The van der Waals surface area contributed by atoms with E-state index in [0.717, 1.165) is 76.6 Å². The number of hydrazone groups is 2. The van der Waals surface area contributed by atoms with Crippen LogP contribution in [0.25, 0.3) is 0 Å². The fraction of sp³-hybridized carbons (Fsp3) is 0.595. The summed E-state index contributed by atoms with van der Waals surface area (Å²) < 4.78 is 15.6. The van der Waals surface area contributed by atoms with Gasteiger partial charge in [-0.1, -0.05) is 140 Å². The Labute approximate surface area is 395 Å². The first-order chi connectivity index (χ1) is 24.9. The van der Waals surface area contributed by atoms with Crippen LogP contribution in [0.5, 0.6) is 0 Å². The number of rotatable bonds is 3. The summed E-state index contributed by atoms with van der Waals surface area (Å²) in [5.41, 5.74) is 4.31. The van der Waals surface area contributed by atoms with Crippen LogP contribution in [0, 0.1) is 25.2 Å². The average Bonchev–Trinajstić information content (AvgIpc) is 3.91. The summed E-state index contributed by atoms with van der Waals surface area (Å²) in [5, 5.41) is 13.9. The van der Waals surface area contributed by atoms with Crippen LogP contribution in [0.3, 0.4) is 0 Å². The summed E-state index contributed by atoms with van der Waals surface area (Å²) in [6.07, 6.45) is 28.3. The number of nitrogens with zero attached hydrogens (tertiary/aromatic N) is 3. The fourth-order valence-corrected chi connectivity index (χ4v) is 8.40. The van der Waals surface area contributed by atoms with Crippen molar-refractivity contribution < 1.29 is 37.6 Å². The number of hydrogen-bond donors (Lipinski definition) is 2. The van der Waals surface area contributed by atoms with Gasteiger partial charge in [0.05, 0.1) is 27.4 Å². The quantitative estimate of drug-likeness (QED) is 0.126. The summed E-state index contributed by atoms with van der Waals surface area (Å²) in [7, 11) is 0. The van der Waals surface area contributed by atoms with Gasteiger partial charge in [0.2, 0.25) is 0 Å². The average molecular weight is 1300 g/mol. The number of fused-ring (bicyclic) bond motifs is 3. The van der Waals surface area contributed by atoms with E-state index >= 15 is 0 Å². The van der Waals surface area contributed by atoms with Crippen molar-refractivity contribution in [2.24, 2.45) is 28.0 Å². The minimum Gasteiger partial charge on any atom is -0.502 e. The SMILES string of the molecule is BrC1=CCC2NC=CC2C1.C1=COCCC1.CI.ICI.O=CC1=NN(C2CCCCO2)C2CC=C(Br)CC12.O=CC1=NNC2CC=C(Br)CC12.[CH3-].[V]. The van der Waals surface area contributed by atoms with Gasteiger partial charge in [0, 0.05) is 49.0 Å². The molecule has 5 aliphatic heterocycles. The second kappa shape index (κ2) is 29.9. The standard InChI is InChI=1S/C13H17BrN2O2.C8H9BrN2O.C8H10BrN.C5H8O.CH2I2.CH3I.CH3.V/c14-9-4-5-12-10(7-9)11(8-17)15-16(12)13-3-1-2-6-18-13;9-5-1-2-7-6(3-5)8(4-12)11-10-7;9-7-1-2-8-6(5-7)3-4-10-8;1-2-4-6-5-3-1;2-1-3;1-2;;/h4,8,10,12-13H,1-3,5-7H2;1,4,6-7,10H,2-3H2;1,3-4,6,8,10H,2,5H2;2,4H,1,3,5H2;1H2;1H3;1H3;/q;;;;;;-1;. The third-order valence-corrected chi connectivity index (χ3v) is 11.3. The molecule has 5 heterocycles. The molecular weight excluding hydrogens is 1250 g/mol. The van der Waals surface area contributed by atoms with Crippen LogP contribution in [-0.4, -0.2) is 73.9 Å². The zero-order chi connectivity index (χ0) is 37.0. The summed E-state index contributed by atoms with van der Waals surface area (Å²) in [6, 6.07) is 1.32. The van der Waals surface area contributed by atoms with Crippen molar-refractivity contribution in [3.05, 3.63) is 63.7 Å². The van der Waals surface area contributed by atoms with Crippen LogP contribution < -0.4 is 10.7 Å². The molecule has 1 saturated heterocycles. The predicted molar refractivity (Wildman–Crippen MR) is 252 cm³/mol. The number of alkyl halides is 3. The Kier molecular flexibility index (Phi) is 29.2. The zero-order valence-corrected chi connectivity index (χ0v) is 43.0. The maximum Gasteiger partial charge on any atom is 0.166 e. The summed E-state index contributed by atoms with van der Waals surface area (Å²) in [6.45, 7) is 1.72. The number of carbonyl (C=O) groups is 2. The minimum atomic E-state index is 0. The van der Waals surface area contributed by atoms with Gasteiger partial charge in [-0.2, -0.15) is 10.2 Å². The van der Waals surface area contributed by atoms with Crippen LogP contribution >= 0.6 is 116 Å². The number of nitrogens with one attached hydrogen (secondary N) is 2. The Morgan fingerprint density at radius 2 is 1.53 bits per heavy atom. The predicted octanol–water partition coefficient (Wildman–Crippen LogP) is 10.4. The molecule has 16 heteroatoms.